The number of aliphatic hydroxyl groups is 1. The number of unbranched alkanes of at least 4 members (excludes halogenated alkanes) is 1. The minimum Gasteiger partial charge on any atom is -0.388 e. The predicted molar refractivity (Wildman–Crippen MR) is 69.7 cm³/mol. The molecule has 5 heteroatoms. The molecule has 0 aliphatic rings. The number of hydrogen-bond acceptors (Lipinski definition) is 3. The highest BCUT2D eigenvalue weighted by Crippen LogP contribution is 2.21. The minimum absolute atomic E-state index is 0.535. The first-order valence-electron chi connectivity index (χ1n) is 6.06. The molecule has 1 unspecified atom stereocenters. The highest BCUT2D eigenvalue weighted by molar-refractivity contribution is 5.74. The molecule has 1 aromatic heterocycles. The first-order valence-corrected chi connectivity index (χ1v) is 6.06. The molecule has 1 heterocycles. The SMILES string of the molecule is CCCCC(O)c1ccc2[nH]c(=O)c(=O)[nH]c2c1. The van der Waals surface area contributed by atoms with Crippen LogP contribution in [0.2, 0.25) is 0 Å². The third kappa shape index (κ3) is 2.51. The van der Waals surface area contributed by atoms with E-state index >= 15 is 0 Å². The van der Waals surface area contributed by atoms with Gasteiger partial charge in [-0.3, -0.25) is 9.59 Å². The Morgan fingerprint density at radius 1 is 1.17 bits per heavy atom. The first-order chi connectivity index (χ1) is 8.61. The topological polar surface area (TPSA) is 85.9 Å². The molecule has 0 radical (unpaired) electrons. The van der Waals surface area contributed by atoms with Crippen molar-refractivity contribution < 1.29 is 5.11 Å². The highest BCUT2D eigenvalue weighted by Gasteiger charge is 2.08. The number of hydrogen-bond donors (Lipinski definition) is 3. The van der Waals surface area contributed by atoms with Crippen molar-refractivity contribution in [3.05, 3.63) is 44.5 Å². The van der Waals surface area contributed by atoms with Gasteiger partial charge in [0.25, 0.3) is 0 Å². The van der Waals surface area contributed by atoms with E-state index in [0.717, 1.165) is 18.4 Å². The number of aliphatic hydroxyl groups excluding tert-OH is 1. The Bertz CT molecular complexity index is 657. The Kier molecular flexibility index (Phi) is 3.62. The fraction of sp³-hybridized carbons (Fsp3) is 0.385. The molecule has 0 fully saturated rings. The minimum atomic E-state index is -0.678. The Labute approximate surface area is 103 Å². The van der Waals surface area contributed by atoms with Crippen molar-refractivity contribution in [2.45, 2.75) is 32.3 Å². The van der Waals surface area contributed by atoms with Gasteiger partial charge in [0.15, 0.2) is 0 Å². The third-order valence-electron chi connectivity index (χ3n) is 2.96. The fourth-order valence-corrected chi connectivity index (χ4v) is 1.90. The summed E-state index contributed by atoms with van der Waals surface area (Å²) in [5, 5.41) is 9.97. The van der Waals surface area contributed by atoms with Gasteiger partial charge in [0.05, 0.1) is 17.1 Å². The Morgan fingerprint density at radius 3 is 2.50 bits per heavy atom. The first kappa shape index (κ1) is 12.6. The average Bonchev–Trinajstić information content (AvgIpc) is 2.36. The summed E-state index contributed by atoms with van der Waals surface area (Å²) in [6.45, 7) is 2.06. The van der Waals surface area contributed by atoms with Crippen LogP contribution in [0.4, 0.5) is 0 Å². The molecule has 1 aromatic carbocycles. The van der Waals surface area contributed by atoms with E-state index in [0.29, 0.717) is 17.5 Å². The molecule has 18 heavy (non-hydrogen) atoms. The number of benzene rings is 1. The summed E-state index contributed by atoms with van der Waals surface area (Å²) in [6, 6.07) is 5.15. The maximum atomic E-state index is 11.2. The van der Waals surface area contributed by atoms with E-state index in [4.69, 9.17) is 0 Å². The lowest BCUT2D eigenvalue weighted by Crippen LogP contribution is -2.28. The predicted octanol–water partition coefficient (Wildman–Crippen LogP) is 1.44. The molecular weight excluding hydrogens is 232 g/mol. The molecule has 0 amide bonds. The van der Waals surface area contributed by atoms with Crippen LogP contribution >= 0.6 is 0 Å². The van der Waals surface area contributed by atoms with Crippen molar-refractivity contribution in [1.29, 1.82) is 0 Å². The quantitative estimate of drug-likeness (QED) is 0.715. The highest BCUT2D eigenvalue weighted by atomic mass is 16.3. The van der Waals surface area contributed by atoms with E-state index in [1.54, 1.807) is 18.2 Å². The average molecular weight is 248 g/mol. The Hall–Kier alpha value is -1.88. The smallest absolute Gasteiger partial charge is 0.314 e. The molecule has 0 spiro atoms. The summed E-state index contributed by atoms with van der Waals surface area (Å²) in [5.41, 5.74) is 0.502. The van der Waals surface area contributed by atoms with E-state index < -0.39 is 17.2 Å². The van der Waals surface area contributed by atoms with E-state index in [2.05, 4.69) is 16.9 Å². The maximum Gasteiger partial charge on any atom is 0.314 e. The van der Waals surface area contributed by atoms with E-state index in [1.165, 1.54) is 0 Å². The van der Waals surface area contributed by atoms with Crippen molar-refractivity contribution in [3.8, 4) is 0 Å². The van der Waals surface area contributed by atoms with Crippen LogP contribution in [0, 0.1) is 0 Å². The lowest BCUT2D eigenvalue weighted by atomic mass is 10.0. The van der Waals surface area contributed by atoms with Crippen molar-refractivity contribution in [3.63, 3.8) is 0 Å². The largest absolute Gasteiger partial charge is 0.388 e. The van der Waals surface area contributed by atoms with Crippen molar-refractivity contribution >= 4 is 11.0 Å². The van der Waals surface area contributed by atoms with Gasteiger partial charge in [-0.05, 0) is 24.1 Å². The van der Waals surface area contributed by atoms with Gasteiger partial charge in [-0.1, -0.05) is 25.8 Å². The number of aromatic amines is 2. The second-order valence-electron chi connectivity index (χ2n) is 4.37. The molecule has 0 bridgehead atoms. The van der Waals surface area contributed by atoms with Gasteiger partial charge in [0.2, 0.25) is 0 Å². The zero-order chi connectivity index (χ0) is 13.1. The molecule has 2 aromatic rings. The van der Waals surface area contributed by atoms with Gasteiger partial charge in [-0.15, -0.1) is 0 Å². The molecule has 96 valence electrons. The number of H-pyrrole nitrogens is 2. The molecule has 0 aliphatic heterocycles. The Balaban J connectivity index is 2.41. The molecular formula is C13H16N2O3. The fourth-order valence-electron chi connectivity index (χ4n) is 1.90. The van der Waals surface area contributed by atoms with Crippen LogP contribution in [0.15, 0.2) is 27.8 Å². The number of nitrogens with one attached hydrogen (secondary N) is 2. The van der Waals surface area contributed by atoms with Crippen LogP contribution in [0.5, 0.6) is 0 Å². The van der Waals surface area contributed by atoms with Gasteiger partial charge >= 0.3 is 11.1 Å². The van der Waals surface area contributed by atoms with Crippen molar-refractivity contribution in [1.82, 2.24) is 9.97 Å². The summed E-state index contributed by atoms with van der Waals surface area (Å²) in [4.78, 5) is 27.4. The second-order valence-corrected chi connectivity index (χ2v) is 4.37. The van der Waals surface area contributed by atoms with Gasteiger partial charge < -0.3 is 15.1 Å². The zero-order valence-electron chi connectivity index (χ0n) is 10.2. The van der Waals surface area contributed by atoms with Crippen LogP contribution in [-0.4, -0.2) is 15.1 Å². The summed E-state index contributed by atoms with van der Waals surface area (Å²) in [5.74, 6) is 0. The van der Waals surface area contributed by atoms with E-state index in [-0.39, 0.29) is 0 Å². The van der Waals surface area contributed by atoms with Crippen molar-refractivity contribution in [2.75, 3.05) is 0 Å². The van der Waals surface area contributed by atoms with Gasteiger partial charge in [0, 0.05) is 0 Å². The van der Waals surface area contributed by atoms with Crippen LogP contribution in [0.3, 0.4) is 0 Å². The second kappa shape index (κ2) is 5.18. The molecule has 1 atom stereocenters. The summed E-state index contributed by atoms with van der Waals surface area (Å²) in [7, 11) is 0. The monoisotopic (exact) mass is 248 g/mol. The molecule has 5 nitrogen and oxygen atoms in total. The van der Waals surface area contributed by atoms with Gasteiger partial charge in [-0.2, -0.15) is 0 Å². The molecule has 0 saturated heterocycles. The Morgan fingerprint density at radius 2 is 1.83 bits per heavy atom. The van der Waals surface area contributed by atoms with Gasteiger partial charge in [0.1, 0.15) is 0 Å². The van der Waals surface area contributed by atoms with E-state index in [9.17, 15) is 14.7 Å². The summed E-state index contributed by atoms with van der Waals surface area (Å²) < 4.78 is 0. The maximum absolute atomic E-state index is 11.2. The molecule has 2 rings (SSSR count). The van der Waals surface area contributed by atoms with Crippen LogP contribution in [-0.2, 0) is 0 Å². The van der Waals surface area contributed by atoms with Crippen molar-refractivity contribution in [2.24, 2.45) is 0 Å². The number of rotatable bonds is 4. The van der Waals surface area contributed by atoms with Gasteiger partial charge in [-0.25, -0.2) is 0 Å². The summed E-state index contributed by atoms with van der Waals surface area (Å²) in [6.07, 6.45) is 2.12. The lowest BCUT2D eigenvalue weighted by Gasteiger charge is -2.10. The third-order valence-corrected chi connectivity index (χ3v) is 2.96. The molecule has 3 N–H and O–H groups in total. The summed E-state index contributed by atoms with van der Waals surface area (Å²) >= 11 is 0. The molecule has 0 saturated carbocycles. The normalized spacial score (nSPS) is 12.8. The zero-order valence-corrected chi connectivity index (χ0v) is 10.2. The number of fused-ring (bicyclic) bond motifs is 1. The van der Waals surface area contributed by atoms with Crippen LogP contribution < -0.4 is 11.1 Å². The van der Waals surface area contributed by atoms with Crippen LogP contribution in [0.25, 0.3) is 11.0 Å². The molecule has 0 aliphatic carbocycles. The standard InChI is InChI=1S/C13H16N2O3/c1-2-3-4-11(16)8-5-6-9-10(7-8)15-13(18)12(17)14-9/h5-7,11,16H,2-4H2,1H3,(H,14,17)(H,15,18). The lowest BCUT2D eigenvalue weighted by molar-refractivity contribution is 0.164. The van der Waals surface area contributed by atoms with E-state index in [1.807, 2.05) is 0 Å². The number of aromatic nitrogens is 2. The van der Waals surface area contributed by atoms with Crippen LogP contribution in [0.1, 0.15) is 37.9 Å².